The molecular weight excluding hydrogens is 414 g/mol. The number of carbonyl (C=O) groups is 2. The van der Waals surface area contributed by atoms with Crippen LogP contribution in [0.2, 0.25) is 0 Å². The summed E-state index contributed by atoms with van der Waals surface area (Å²) in [4.78, 5) is 37.3. The Bertz CT molecular complexity index is 1450. The number of ether oxygens (including phenoxy) is 2. The number of methoxy groups -OCH3 is 2. The van der Waals surface area contributed by atoms with E-state index in [4.69, 9.17) is 9.47 Å². The van der Waals surface area contributed by atoms with Gasteiger partial charge in [-0.05, 0) is 30.3 Å². The molecule has 4 aromatic rings. The molecule has 2 heterocycles. The quantitative estimate of drug-likeness (QED) is 0.378. The zero-order valence-corrected chi connectivity index (χ0v) is 17.5. The first-order valence-corrected chi connectivity index (χ1v) is 9.53. The number of aryl methyl sites for hydroxylation is 1. The van der Waals surface area contributed by atoms with Crippen molar-refractivity contribution in [3.8, 4) is 5.75 Å². The summed E-state index contributed by atoms with van der Waals surface area (Å²) in [7, 11) is 4.45. The van der Waals surface area contributed by atoms with E-state index in [0.29, 0.717) is 22.5 Å². The molecule has 32 heavy (non-hydrogen) atoms. The number of fused-ring (bicyclic) bond motifs is 3. The number of para-hydroxylation sites is 1. The van der Waals surface area contributed by atoms with E-state index in [1.165, 1.54) is 28.3 Å². The Labute approximate surface area is 181 Å². The van der Waals surface area contributed by atoms with E-state index in [1.807, 2.05) is 0 Å². The molecular formula is C22H19N5O5. The van der Waals surface area contributed by atoms with Gasteiger partial charge >= 0.3 is 5.97 Å². The number of anilines is 1. The molecule has 0 radical (unpaired) electrons. The van der Waals surface area contributed by atoms with Crippen LogP contribution in [0.4, 0.5) is 5.69 Å². The third-order valence-electron chi connectivity index (χ3n) is 4.96. The number of nitrogens with one attached hydrogen (secondary N) is 1. The maximum atomic E-state index is 12.9. The first-order chi connectivity index (χ1) is 15.4. The van der Waals surface area contributed by atoms with E-state index in [2.05, 4.69) is 15.6 Å². The zero-order chi connectivity index (χ0) is 22.8. The lowest BCUT2D eigenvalue weighted by Gasteiger charge is -2.08. The number of rotatable bonds is 5. The fourth-order valence-corrected chi connectivity index (χ4v) is 3.33. The number of aromatic nitrogens is 4. The van der Waals surface area contributed by atoms with E-state index >= 15 is 0 Å². The van der Waals surface area contributed by atoms with Crippen molar-refractivity contribution < 1.29 is 19.1 Å². The van der Waals surface area contributed by atoms with Crippen LogP contribution >= 0.6 is 0 Å². The highest BCUT2D eigenvalue weighted by Crippen LogP contribution is 2.21. The number of hydrogen-bond donors (Lipinski definition) is 1. The fraction of sp³-hybridized carbons (Fsp3) is 0.136. The smallest absolute Gasteiger partial charge is 0.339 e. The number of nitrogens with zero attached hydrogens (tertiary/aromatic N) is 4. The summed E-state index contributed by atoms with van der Waals surface area (Å²) in [5.41, 5.74) is 1.95. The Kier molecular flexibility index (Phi) is 5.42. The molecule has 0 saturated carbocycles. The van der Waals surface area contributed by atoms with Gasteiger partial charge in [0, 0.05) is 19.2 Å². The fourth-order valence-electron chi connectivity index (χ4n) is 3.33. The van der Waals surface area contributed by atoms with Gasteiger partial charge in [0.1, 0.15) is 11.4 Å². The van der Waals surface area contributed by atoms with Gasteiger partial charge in [-0.15, -0.1) is 5.10 Å². The second-order valence-electron chi connectivity index (χ2n) is 6.81. The third-order valence-corrected chi connectivity index (χ3v) is 4.96. The summed E-state index contributed by atoms with van der Waals surface area (Å²) in [5, 5.41) is 10.8. The predicted molar refractivity (Wildman–Crippen MR) is 118 cm³/mol. The Morgan fingerprint density at radius 2 is 1.88 bits per heavy atom. The van der Waals surface area contributed by atoms with Crippen LogP contribution < -0.4 is 15.6 Å². The van der Waals surface area contributed by atoms with Crippen LogP contribution in [0.3, 0.4) is 0 Å². The van der Waals surface area contributed by atoms with Crippen molar-refractivity contribution in [3.63, 3.8) is 0 Å². The molecule has 0 saturated heterocycles. The Balaban J connectivity index is 1.69. The van der Waals surface area contributed by atoms with Gasteiger partial charge in [-0.3, -0.25) is 9.59 Å². The minimum Gasteiger partial charge on any atom is -0.497 e. The minimum absolute atomic E-state index is 0.224. The summed E-state index contributed by atoms with van der Waals surface area (Å²) < 4.78 is 12.9. The van der Waals surface area contributed by atoms with Crippen molar-refractivity contribution in [2.45, 2.75) is 0 Å². The largest absolute Gasteiger partial charge is 0.497 e. The average Bonchev–Trinajstić information content (AvgIpc) is 3.25. The molecule has 10 heteroatoms. The van der Waals surface area contributed by atoms with Crippen molar-refractivity contribution in [1.29, 1.82) is 0 Å². The zero-order valence-electron chi connectivity index (χ0n) is 17.5. The van der Waals surface area contributed by atoms with Gasteiger partial charge in [-0.1, -0.05) is 17.3 Å². The van der Waals surface area contributed by atoms with E-state index in [0.717, 1.165) is 0 Å². The van der Waals surface area contributed by atoms with E-state index in [9.17, 15) is 14.4 Å². The molecule has 4 rings (SSSR count). The van der Waals surface area contributed by atoms with Gasteiger partial charge in [-0.2, -0.15) is 0 Å². The summed E-state index contributed by atoms with van der Waals surface area (Å²) in [6, 6.07) is 11.7. The summed E-state index contributed by atoms with van der Waals surface area (Å²) in [5.74, 6) is -0.470. The highest BCUT2D eigenvalue weighted by Gasteiger charge is 2.16. The summed E-state index contributed by atoms with van der Waals surface area (Å²) in [6.07, 6.45) is 2.62. The van der Waals surface area contributed by atoms with Gasteiger partial charge in [0.15, 0.2) is 5.52 Å². The maximum absolute atomic E-state index is 12.9. The molecule has 1 N–H and O–H groups in total. The highest BCUT2D eigenvalue weighted by atomic mass is 16.5. The molecule has 0 aliphatic rings. The van der Waals surface area contributed by atoms with Crippen LogP contribution in [0.5, 0.6) is 5.75 Å². The molecule has 0 aliphatic carbocycles. The normalized spacial score (nSPS) is 11.2. The molecule has 0 aliphatic heterocycles. The topological polar surface area (TPSA) is 117 Å². The Morgan fingerprint density at radius 1 is 1.09 bits per heavy atom. The van der Waals surface area contributed by atoms with Crippen LogP contribution in [0.15, 0.2) is 53.3 Å². The third kappa shape index (κ3) is 3.58. The standard InChI is InChI=1S/C22H19N5O5/c1-26-18-12-13(31-2)8-10-17(18)27-20(21(26)29)16(24-25-27)9-11-19(28)23-15-7-5-4-6-14(15)22(30)32-3/h4-12H,1-3H3,(H,23,28)/b11-9+. The van der Waals surface area contributed by atoms with Gasteiger partial charge < -0.3 is 19.4 Å². The molecule has 0 bridgehead atoms. The second kappa shape index (κ2) is 8.34. The van der Waals surface area contributed by atoms with Crippen molar-refractivity contribution in [1.82, 2.24) is 19.4 Å². The van der Waals surface area contributed by atoms with Crippen LogP contribution in [0, 0.1) is 0 Å². The van der Waals surface area contributed by atoms with Crippen molar-refractivity contribution >= 4 is 40.2 Å². The molecule has 2 aromatic heterocycles. The predicted octanol–water partition coefficient (Wildman–Crippen LogP) is 2.03. The second-order valence-corrected chi connectivity index (χ2v) is 6.81. The lowest BCUT2D eigenvalue weighted by atomic mass is 10.2. The number of hydrogen-bond acceptors (Lipinski definition) is 7. The van der Waals surface area contributed by atoms with Crippen molar-refractivity contribution in [2.24, 2.45) is 7.05 Å². The molecule has 162 valence electrons. The molecule has 0 unspecified atom stereocenters. The number of carbonyl (C=O) groups excluding carboxylic acids is 2. The average molecular weight is 433 g/mol. The Hall–Kier alpha value is -4.47. The molecule has 1 amide bonds. The van der Waals surface area contributed by atoms with Crippen molar-refractivity contribution in [2.75, 3.05) is 19.5 Å². The van der Waals surface area contributed by atoms with Crippen molar-refractivity contribution in [3.05, 3.63) is 70.2 Å². The molecule has 0 fully saturated rings. The van der Waals surface area contributed by atoms with Crippen LogP contribution in [0.1, 0.15) is 16.1 Å². The Morgan fingerprint density at radius 3 is 2.62 bits per heavy atom. The first-order valence-electron chi connectivity index (χ1n) is 9.53. The van der Waals surface area contributed by atoms with E-state index in [-0.39, 0.29) is 22.3 Å². The van der Waals surface area contributed by atoms with E-state index < -0.39 is 11.9 Å². The van der Waals surface area contributed by atoms with Gasteiger partial charge in [0.25, 0.3) is 5.56 Å². The lowest BCUT2D eigenvalue weighted by molar-refractivity contribution is -0.111. The van der Waals surface area contributed by atoms with Crippen LogP contribution in [-0.4, -0.2) is 45.5 Å². The van der Waals surface area contributed by atoms with Gasteiger partial charge in [-0.25, -0.2) is 9.31 Å². The first kappa shape index (κ1) is 20.8. The molecule has 0 spiro atoms. The molecule has 0 atom stereocenters. The summed E-state index contributed by atoms with van der Waals surface area (Å²) in [6.45, 7) is 0. The van der Waals surface area contributed by atoms with Gasteiger partial charge in [0.2, 0.25) is 5.91 Å². The number of amides is 1. The SMILES string of the molecule is COC(=O)c1ccccc1NC(=O)/C=C/c1nnn2c1c(=O)n(C)c1cc(OC)ccc12. The number of benzene rings is 2. The number of esters is 1. The van der Waals surface area contributed by atoms with E-state index in [1.54, 1.807) is 56.6 Å². The summed E-state index contributed by atoms with van der Waals surface area (Å²) >= 11 is 0. The highest BCUT2D eigenvalue weighted by molar-refractivity contribution is 6.06. The monoisotopic (exact) mass is 433 g/mol. The molecule has 2 aromatic carbocycles. The van der Waals surface area contributed by atoms with Crippen LogP contribution in [0.25, 0.3) is 22.6 Å². The minimum atomic E-state index is -0.568. The lowest BCUT2D eigenvalue weighted by Crippen LogP contribution is -2.20. The van der Waals surface area contributed by atoms with Crippen LogP contribution in [-0.2, 0) is 16.6 Å². The van der Waals surface area contributed by atoms with Gasteiger partial charge in [0.05, 0.1) is 36.5 Å². The molecule has 10 nitrogen and oxygen atoms in total. The maximum Gasteiger partial charge on any atom is 0.339 e.